The zero-order valence-corrected chi connectivity index (χ0v) is 14.0. The summed E-state index contributed by atoms with van der Waals surface area (Å²) in [4.78, 5) is 0. The summed E-state index contributed by atoms with van der Waals surface area (Å²) in [6.07, 6.45) is 0.182. The first-order valence-electron chi connectivity index (χ1n) is 7.41. The molecule has 0 bridgehead atoms. The number of hydrogen-bond donors (Lipinski definition) is 2. The molecule has 0 saturated heterocycles. The highest BCUT2D eigenvalue weighted by atomic mass is 35.5. The fraction of sp³-hybridized carbons (Fsp3) is 0.222. The summed E-state index contributed by atoms with van der Waals surface area (Å²) in [5, 5.41) is 15.5. The number of furan rings is 1. The molecule has 3 nitrogen and oxygen atoms in total. The Balaban J connectivity index is 0.00000156. The molecule has 23 heavy (non-hydrogen) atoms. The minimum atomic E-state index is -0.690. The van der Waals surface area contributed by atoms with Gasteiger partial charge in [-0.3, -0.25) is 0 Å². The number of fused-ring (bicyclic) bond motifs is 3. The molecule has 2 N–H and O–H groups in total. The third kappa shape index (κ3) is 2.86. The molecule has 120 valence electrons. The van der Waals surface area contributed by atoms with Gasteiger partial charge in [0, 0.05) is 30.5 Å². The van der Waals surface area contributed by atoms with Crippen LogP contribution in [0.5, 0.6) is 0 Å². The van der Waals surface area contributed by atoms with Gasteiger partial charge in [-0.05, 0) is 23.3 Å². The lowest BCUT2D eigenvalue weighted by Gasteiger charge is -2.13. The smallest absolute Gasteiger partial charge is 0.153 e. The van der Waals surface area contributed by atoms with Crippen LogP contribution >= 0.6 is 24.0 Å². The fourth-order valence-corrected chi connectivity index (χ4v) is 3.34. The Morgan fingerprint density at radius 1 is 1.13 bits per heavy atom. The Kier molecular flexibility index (Phi) is 4.64. The van der Waals surface area contributed by atoms with Crippen molar-refractivity contribution in [1.82, 2.24) is 5.32 Å². The molecule has 0 fully saturated rings. The number of rotatable bonds is 2. The van der Waals surface area contributed by atoms with Crippen LogP contribution in [-0.4, -0.2) is 11.7 Å². The molecule has 0 spiro atoms. The molecule has 4 rings (SSSR count). The molecule has 1 aromatic heterocycles. The minimum absolute atomic E-state index is 0. The average Bonchev–Trinajstić information content (AvgIpc) is 2.94. The van der Waals surface area contributed by atoms with Crippen LogP contribution in [-0.2, 0) is 13.0 Å². The number of halogens is 2. The van der Waals surface area contributed by atoms with Crippen molar-refractivity contribution in [1.29, 1.82) is 0 Å². The van der Waals surface area contributed by atoms with Crippen molar-refractivity contribution in [3.8, 4) is 0 Å². The summed E-state index contributed by atoms with van der Waals surface area (Å²) < 4.78 is 5.91. The Bertz CT molecular complexity index is 830. The molecular weight excluding hydrogens is 333 g/mol. The topological polar surface area (TPSA) is 45.4 Å². The van der Waals surface area contributed by atoms with Gasteiger partial charge in [0.05, 0.1) is 5.02 Å². The van der Waals surface area contributed by atoms with E-state index in [1.165, 1.54) is 0 Å². The molecule has 1 aliphatic heterocycles. The summed E-state index contributed by atoms with van der Waals surface area (Å²) in [5.74, 6) is 1.00. The number of benzene rings is 2. The van der Waals surface area contributed by atoms with E-state index in [1.54, 1.807) is 6.07 Å². The van der Waals surface area contributed by atoms with E-state index >= 15 is 0 Å². The Labute approximate surface area is 145 Å². The van der Waals surface area contributed by atoms with Crippen molar-refractivity contribution < 1.29 is 9.52 Å². The van der Waals surface area contributed by atoms with E-state index in [9.17, 15) is 5.11 Å². The first-order chi connectivity index (χ1) is 10.7. The van der Waals surface area contributed by atoms with E-state index in [-0.39, 0.29) is 12.4 Å². The highest BCUT2D eigenvalue weighted by Crippen LogP contribution is 2.36. The average molecular weight is 350 g/mol. The second-order valence-corrected chi connectivity index (χ2v) is 6.03. The Hall–Kier alpha value is -1.52. The molecule has 3 aromatic rings. The van der Waals surface area contributed by atoms with Crippen molar-refractivity contribution in [2.75, 3.05) is 6.54 Å². The second kappa shape index (κ2) is 6.54. The van der Waals surface area contributed by atoms with Crippen LogP contribution in [0.3, 0.4) is 0 Å². The summed E-state index contributed by atoms with van der Waals surface area (Å²) in [6.45, 7) is 1.70. The highest BCUT2D eigenvalue weighted by molar-refractivity contribution is 6.35. The van der Waals surface area contributed by atoms with Gasteiger partial charge in [0.15, 0.2) is 5.58 Å². The summed E-state index contributed by atoms with van der Waals surface area (Å²) in [7, 11) is 0. The zero-order chi connectivity index (χ0) is 15.1. The van der Waals surface area contributed by atoms with Gasteiger partial charge >= 0.3 is 0 Å². The van der Waals surface area contributed by atoms with Crippen LogP contribution in [0.2, 0.25) is 5.02 Å². The monoisotopic (exact) mass is 349 g/mol. The van der Waals surface area contributed by atoms with Crippen LogP contribution in [0.4, 0.5) is 0 Å². The standard InChI is InChI=1S/C18H16ClNO2.ClH/c19-15-9-12(17(21)11-4-2-1-3-5-11)8-13-14-10-20-7-6-16(14)22-18(13)15;/h1-5,8-9,17,20-21H,6-7,10H2;1H. The van der Waals surface area contributed by atoms with Crippen LogP contribution in [0, 0.1) is 0 Å². The molecule has 2 heterocycles. The molecule has 0 saturated carbocycles. The molecule has 1 unspecified atom stereocenters. The summed E-state index contributed by atoms with van der Waals surface area (Å²) in [5.41, 5.74) is 3.52. The Morgan fingerprint density at radius 2 is 1.91 bits per heavy atom. The summed E-state index contributed by atoms with van der Waals surface area (Å²) >= 11 is 6.39. The normalized spacial score (nSPS) is 15.0. The van der Waals surface area contributed by atoms with E-state index in [4.69, 9.17) is 16.0 Å². The maximum absolute atomic E-state index is 10.6. The van der Waals surface area contributed by atoms with E-state index in [0.717, 1.165) is 52.9 Å². The van der Waals surface area contributed by atoms with Gasteiger partial charge in [0.1, 0.15) is 11.9 Å². The van der Waals surface area contributed by atoms with Crippen molar-refractivity contribution in [2.24, 2.45) is 0 Å². The SMILES string of the molecule is Cl.OC(c1ccccc1)c1cc(Cl)c2oc3c(c2c1)CNCC3. The third-order valence-electron chi connectivity index (χ3n) is 4.21. The van der Waals surface area contributed by atoms with Gasteiger partial charge in [-0.1, -0.05) is 41.9 Å². The molecule has 0 amide bonds. The quantitative estimate of drug-likeness (QED) is 0.727. The lowest BCUT2D eigenvalue weighted by Crippen LogP contribution is -2.22. The van der Waals surface area contributed by atoms with Gasteiger partial charge in [-0.25, -0.2) is 0 Å². The van der Waals surface area contributed by atoms with E-state index in [2.05, 4.69) is 5.32 Å². The lowest BCUT2D eigenvalue weighted by molar-refractivity contribution is 0.220. The van der Waals surface area contributed by atoms with Gasteiger partial charge in [0.2, 0.25) is 0 Å². The Morgan fingerprint density at radius 3 is 2.70 bits per heavy atom. The molecule has 0 aliphatic carbocycles. The van der Waals surface area contributed by atoms with Gasteiger partial charge in [-0.2, -0.15) is 0 Å². The number of aliphatic hydroxyl groups is 1. The van der Waals surface area contributed by atoms with Crippen LogP contribution < -0.4 is 5.32 Å². The largest absolute Gasteiger partial charge is 0.459 e. The second-order valence-electron chi connectivity index (χ2n) is 5.62. The molecule has 1 aliphatic rings. The lowest BCUT2D eigenvalue weighted by atomic mass is 9.98. The van der Waals surface area contributed by atoms with Crippen molar-refractivity contribution >= 4 is 35.0 Å². The molecule has 5 heteroatoms. The maximum Gasteiger partial charge on any atom is 0.153 e. The highest BCUT2D eigenvalue weighted by Gasteiger charge is 2.21. The van der Waals surface area contributed by atoms with E-state index < -0.39 is 6.10 Å². The molecular formula is C18H17Cl2NO2. The molecule has 2 aromatic carbocycles. The first-order valence-corrected chi connectivity index (χ1v) is 7.79. The third-order valence-corrected chi connectivity index (χ3v) is 4.50. The van der Waals surface area contributed by atoms with Gasteiger partial charge in [-0.15, -0.1) is 12.4 Å². The van der Waals surface area contributed by atoms with Crippen LogP contribution in [0.15, 0.2) is 46.9 Å². The fourth-order valence-electron chi connectivity index (χ4n) is 3.07. The predicted molar refractivity (Wildman–Crippen MR) is 94.4 cm³/mol. The molecule has 0 radical (unpaired) electrons. The number of aliphatic hydroxyl groups excluding tert-OH is 1. The van der Waals surface area contributed by atoms with Gasteiger partial charge < -0.3 is 14.8 Å². The van der Waals surface area contributed by atoms with Crippen LogP contribution in [0.1, 0.15) is 28.6 Å². The van der Waals surface area contributed by atoms with E-state index in [1.807, 2.05) is 36.4 Å². The molecule has 1 atom stereocenters. The minimum Gasteiger partial charge on any atom is -0.459 e. The van der Waals surface area contributed by atoms with Crippen molar-refractivity contribution in [3.05, 3.63) is 69.9 Å². The zero-order valence-electron chi connectivity index (χ0n) is 12.4. The summed E-state index contributed by atoms with van der Waals surface area (Å²) in [6, 6.07) is 13.4. The van der Waals surface area contributed by atoms with Gasteiger partial charge in [0.25, 0.3) is 0 Å². The number of hydrogen-bond acceptors (Lipinski definition) is 3. The van der Waals surface area contributed by atoms with Crippen molar-refractivity contribution in [3.63, 3.8) is 0 Å². The number of nitrogens with one attached hydrogen (secondary N) is 1. The maximum atomic E-state index is 10.6. The first kappa shape index (κ1) is 16.3. The van der Waals surface area contributed by atoms with E-state index in [0.29, 0.717) is 5.02 Å². The van der Waals surface area contributed by atoms with Crippen LogP contribution in [0.25, 0.3) is 11.0 Å². The van der Waals surface area contributed by atoms with Crippen molar-refractivity contribution in [2.45, 2.75) is 19.1 Å². The predicted octanol–water partition coefficient (Wildman–Crippen LogP) is 4.24.